The van der Waals surface area contributed by atoms with Crippen molar-refractivity contribution in [2.75, 3.05) is 32.7 Å². The van der Waals surface area contributed by atoms with Crippen molar-refractivity contribution in [3.63, 3.8) is 0 Å². The molecule has 2 aromatic rings. The van der Waals surface area contributed by atoms with Crippen LogP contribution in [0.2, 0.25) is 0 Å². The predicted molar refractivity (Wildman–Crippen MR) is 97.4 cm³/mol. The smallest absolute Gasteiger partial charge is 0.253 e. The number of carbonyl (C=O) groups excluding carboxylic acids is 1. The first-order valence-corrected chi connectivity index (χ1v) is 9.51. The Balaban J connectivity index is 1.39. The van der Waals surface area contributed by atoms with Gasteiger partial charge >= 0.3 is 0 Å². The minimum Gasteiger partial charge on any atom is -0.338 e. The van der Waals surface area contributed by atoms with Gasteiger partial charge in [0.15, 0.2) is 0 Å². The Labute approximate surface area is 148 Å². The number of aromatic nitrogens is 3. The first kappa shape index (κ1) is 16.5. The van der Waals surface area contributed by atoms with Gasteiger partial charge < -0.3 is 9.80 Å². The zero-order valence-corrected chi connectivity index (χ0v) is 14.9. The number of amides is 1. The second-order valence-corrected chi connectivity index (χ2v) is 7.77. The SMILES string of the molecule is CC1CCN(C[C@@H]2CCCN(C(=O)c3ccc4n[nH]nc4c3)C2)CC1. The average Bonchev–Trinajstić information content (AvgIpc) is 3.11. The number of H-pyrrole nitrogens is 1. The second-order valence-electron chi connectivity index (χ2n) is 7.77. The van der Waals surface area contributed by atoms with Gasteiger partial charge in [-0.25, -0.2) is 0 Å². The van der Waals surface area contributed by atoms with E-state index in [1.54, 1.807) is 0 Å². The molecule has 0 bridgehead atoms. The first-order valence-electron chi connectivity index (χ1n) is 9.51. The molecule has 3 heterocycles. The molecular weight excluding hydrogens is 314 g/mol. The van der Waals surface area contributed by atoms with Crippen LogP contribution in [0.15, 0.2) is 18.2 Å². The summed E-state index contributed by atoms with van der Waals surface area (Å²) < 4.78 is 0. The highest BCUT2D eigenvalue weighted by Gasteiger charge is 2.27. The van der Waals surface area contributed by atoms with E-state index in [4.69, 9.17) is 0 Å². The van der Waals surface area contributed by atoms with Crippen molar-refractivity contribution in [2.24, 2.45) is 11.8 Å². The third kappa shape index (κ3) is 3.68. The van der Waals surface area contributed by atoms with E-state index in [9.17, 15) is 4.79 Å². The van der Waals surface area contributed by atoms with Crippen LogP contribution in [0.25, 0.3) is 11.0 Å². The average molecular weight is 341 g/mol. The van der Waals surface area contributed by atoms with Crippen LogP contribution >= 0.6 is 0 Å². The normalized spacial score (nSPS) is 23.2. The summed E-state index contributed by atoms with van der Waals surface area (Å²) in [5, 5.41) is 10.7. The number of fused-ring (bicyclic) bond motifs is 1. The Morgan fingerprint density at radius 1 is 1.16 bits per heavy atom. The zero-order valence-electron chi connectivity index (χ0n) is 14.9. The van der Waals surface area contributed by atoms with E-state index in [1.165, 1.54) is 32.4 Å². The highest BCUT2D eigenvalue weighted by Crippen LogP contribution is 2.23. The Bertz CT molecular complexity index is 734. The Hall–Kier alpha value is -1.95. The van der Waals surface area contributed by atoms with Gasteiger partial charge in [0, 0.05) is 25.2 Å². The summed E-state index contributed by atoms with van der Waals surface area (Å²) in [6, 6.07) is 5.57. The summed E-state index contributed by atoms with van der Waals surface area (Å²) >= 11 is 0. The molecule has 1 N–H and O–H groups in total. The molecule has 4 rings (SSSR count). The van der Waals surface area contributed by atoms with Gasteiger partial charge in [0.25, 0.3) is 5.91 Å². The summed E-state index contributed by atoms with van der Waals surface area (Å²) in [7, 11) is 0. The third-order valence-electron chi connectivity index (χ3n) is 5.76. The van der Waals surface area contributed by atoms with Crippen molar-refractivity contribution in [3.8, 4) is 0 Å². The lowest BCUT2D eigenvalue weighted by Crippen LogP contribution is -2.45. The fourth-order valence-corrected chi connectivity index (χ4v) is 4.16. The highest BCUT2D eigenvalue weighted by molar-refractivity contribution is 5.97. The van der Waals surface area contributed by atoms with E-state index in [0.717, 1.165) is 43.0 Å². The van der Waals surface area contributed by atoms with Gasteiger partial charge in [-0.05, 0) is 68.8 Å². The molecule has 2 saturated heterocycles. The molecule has 1 atom stereocenters. The minimum atomic E-state index is 0.127. The molecule has 1 aromatic carbocycles. The van der Waals surface area contributed by atoms with Crippen LogP contribution in [-0.4, -0.2) is 63.8 Å². The topological polar surface area (TPSA) is 65.1 Å². The molecular formula is C19H27N5O. The Kier molecular flexibility index (Phi) is 4.70. The second kappa shape index (κ2) is 7.12. The van der Waals surface area contributed by atoms with Crippen LogP contribution in [0.5, 0.6) is 0 Å². The van der Waals surface area contributed by atoms with E-state index in [-0.39, 0.29) is 5.91 Å². The molecule has 0 radical (unpaired) electrons. The number of nitrogens with one attached hydrogen (secondary N) is 1. The third-order valence-corrected chi connectivity index (χ3v) is 5.76. The molecule has 0 spiro atoms. The molecule has 2 fully saturated rings. The summed E-state index contributed by atoms with van der Waals surface area (Å²) in [5.74, 6) is 1.59. The van der Waals surface area contributed by atoms with Gasteiger partial charge in [-0.2, -0.15) is 15.4 Å². The van der Waals surface area contributed by atoms with E-state index in [0.29, 0.717) is 11.5 Å². The van der Waals surface area contributed by atoms with Crippen LogP contribution in [0.3, 0.4) is 0 Å². The Morgan fingerprint density at radius 3 is 2.80 bits per heavy atom. The summed E-state index contributed by atoms with van der Waals surface area (Å²) in [6.07, 6.45) is 4.96. The maximum atomic E-state index is 12.9. The monoisotopic (exact) mass is 341 g/mol. The number of piperidine rings is 2. The summed E-state index contributed by atoms with van der Waals surface area (Å²) in [5.41, 5.74) is 2.27. The van der Waals surface area contributed by atoms with E-state index in [2.05, 4.69) is 27.2 Å². The van der Waals surface area contributed by atoms with Gasteiger partial charge in [-0.15, -0.1) is 0 Å². The number of benzene rings is 1. The number of hydrogen-bond donors (Lipinski definition) is 1. The van der Waals surface area contributed by atoms with Crippen LogP contribution in [-0.2, 0) is 0 Å². The number of nitrogens with zero attached hydrogens (tertiary/aromatic N) is 4. The van der Waals surface area contributed by atoms with Gasteiger partial charge in [0.2, 0.25) is 0 Å². The van der Waals surface area contributed by atoms with Crippen molar-refractivity contribution in [3.05, 3.63) is 23.8 Å². The Morgan fingerprint density at radius 2 is 1.96 bits per heavy atom. The number of aromatic amines is 1. The lowest BCUT2D eigenvalue weighted by molar-refractivity contribution is 0.0622. The fourth-order valence-electron chi connectivity index (χ4n) is 4.16. The lowest BCUT2D eigenvalue weighted by Gasteiger charge is -2.37. The molecule has 0 aliphatic carbocycles. The quantitative estimate of drug-likeness (QED) is 0.932. The van der Waals surface area contributed by atoms with Crippen molar-refractivity contribution < 1.29 is 4.79 Å². The molecule has 1 amide bonds. The van der Waals surface area contributed by atoms with Crippen molar-refractivity contribution >= 4 is 16.9 Å². The standard InChI is InChI=1S/C19H27N5O/c1-14-6-9-23(10-7-14)12-15-3-2-8-24(13-15)19(25)16-4-5-17-18(11-16)21-22-20-17/h4-5,11,14-15H,2-3,6-10,12-13H2,1H3,(H,20,21,22)/t15-/m0/s1. The van der Waals surface area contributed by atoms with Gasteiger partial charge in [0.1, 0.15) is 11.0 Å². The maximum absolute atomic E-state index is 12.9. The van der Waals surface area contributed by atoms with E-state index in [1.807, 2.05) is 23.1 Å². The predicted octanol–water partition coefficient (Wildman–Crippen LogP) is 2.54. The minimum absolute atomic E-state index is 0.127. The molecule has 0 unspecified atom stereocenters. The van der Waals surface area contributed by atoms with Gasteiger partial charge in [-0.3, -0.25) is 4.79 Å². The molecule has 6 nitrogen and oxygen atoms in total. The number of carbonyl (C=O) groups is 1. The summed E-state index contributed by atoms with van der Waals surface area (Å²) in [6.45, 7) is 7.66. The van der Waals surface area contributed by atoms with Crippen LogP contribution < -0.4 is 0 Å². The zero-order chi connectivity index (χ0) is 17.2. The van der Waals surface area contributed by atoms with Crippen LogP contribution in [0.4, 0.5) is 0 Å². The number of rotatable bonds is 3. The molecule has 2 aliphatic rings. The van der Waals surface area contributed by atoms with E-state index >= 15 is 0 Å². The lowest BCUT2D eigenvalue weighted by atomic mass is 9.94. The van der Waals surface area contributed by atoms with Crippen molar-refractivity contribution in [1.29, 1.82) is 0 Å². The molecule has 0 saturated carbocycles. The maximum Gasteiger partial charge on any atom is 0.253 e. The largest absolute Gasteiger partial charge is 0.338 e. The highest BCUT2D eigenvalue weighted by atomic mass is 16.2. The molecule has 134 valence electrons. The summed E-state index contributed by atoms with van der Waals surface area (Å²) in [4.78, 5) is 17.5. The first-order chi connectivity index (χ1) is 12.2. The molecule has 25 heavy (non-hydrogen) atoms. The van der Waals surface area contributed by atoms with Crippen molar-refractivity contribution in [1.82, 2.24) is 25.2 Å². The molecule has 2 aliphatic heterocycles. The van der Waals surface area contributed by atoms with E-state index < -0.39 is 0 Å². The molecule has 1 aromatic heterocycles. The van der Waals surface area contributed by atoms with Crippen LogP contribution in [0, 0.1) is 11.8 Å². The van der Waals surface area contributed by atoms with Gasteiger partial charge in [-0.1, -0.05) is 6.92 Å². The van der Waals surface area contributed by atoms with Gasteiger partial charge in [0.05, 0.1) is 0 Å². The van der Waals surface area contributed by atoms with Crippen molar-refractivity contribution in [2.45, 2.75) is 32.6 Å². The number of likely N-dealkylation sites (tertiary alicyclic amines) is 2. The van der Waals surface area contributed by atoms with Crippen LogP contribution in [0.1, 0.15) is 43.0 Å². The number of hydrogen-bond acceptors (Lipinski definition) is 4. The fraction of sp³-hybridized carbons (Fsp3) is 0.632. The molecule has 6 heteroatoms.